The van der Waals surface area contributed by atoms with Crippen LogP contribution in [0.15, 0.2) is 0 Å². The van der Waals surface area contributed by atoms with E-state index in [0.717, 1.165) is 25.7 Å². The van der Waals surface area contributed by atoms with Crippen molar-refractivity contribution >= 4 is 5.91 Å². The third kappa shape index (κ3) is 2.32. The summed E-state index contributed by atoms with van der Waals surface area (Å²) in [4.78, 5) is 13.5. The van der Waals surface area contributed by atoms with Gasteiger partial charge in [0.05, 0.1) is 17.6 Å². The lowest BCUT2D eigenvalue weighted by atomic mass is 9.84. The molecule has 2 N–H and O–H groups in total. The first-order valence-corrected chi connectivity index (χ1v) is 5.43. The van der Waals surface area contributed by atoms with Gasteiger partial charge >= 0.3 is 0 Å². The smallest absolute Gasteiger partial charge is 0.231 e. The highest BCUT2D eigenvalue weighted by Gasteiger charge is 2.42. The van der Waals surface area contributed by atoms with E-state index in [1.807, 2.05) is 12.1 Å². The molecule has 0 aromatic rings. The molecule has 1 rings (SSSR count). The van der Waals surface area contributed by atoms with Crippen molar-refractivity contribution in [3.05, 3.63) is 0 Å². The van der Waals surface area contributed by atoms with Crippen LogP contribution in [0.1, 0.15) is 25.7 Å². The van der Waals surface area contributed by atoms with Gasteiger partial charge in [-0.15, -0.1) is 0 Å². The van der Waals surface area contributed by atoms with Crippen LogP contribution in [0, 0.1) is 28.1 Å². The summed E-state index contributed by atoms with van der Waals surface area (Å²) in [5, 5.41) is 17.3. The van der Waals surface area contributed by atoms with Crippen molar-refractivity contribution in [3.63, 3.8) is 0 Å². The molecule has 0 aromatic heterocycles. The lowest BCUT2D eigenvalue weighted by molar-refractivity contribution is -0.140. The number of rotatable bonds is 4. The lowest BCUT2D eigenvalue weighted by Crippen LogP contribution is -2.47. The summed E-state index contributed by atoms with van der Waals surface area (Å²) < 4.78 is 0. The molecule has 0 aliphatic heterocycles. The lowest BCUT2D eigenvalue weighted by Gasteiger charge is -2.30. The van der Waals surface area contributed by atoms with Gasteiger partial charge in [0, 0.05) is 6.54 Å². The van der Waals surface area contributed by atoms with Gasteiger partial charge in [0.15, 0.2) is 0 Å². The quantitative estimate of drug-likeness (QED) is 0.693. The number of hydrogen-bond acceptors (Lipinski definition) is 4. The zero-order chi connectivity index (χ0) is 12.0. The van der Waals surface area contributed by atoms with Gasteiger partial charge in [-0.25, -0.2) is 0 Å². The molecular formula is C11H16N4O. The first-order chi connectivity index (χ1) is 7.70. The van der Waals surface area contributed by atoms with Crippen LogP contribution in [0.4, 0.5) is 0 Å². The molecule has 16 heavy (non-hydrogen) atoms. The predicted octanol–water partition coefficient (Wildman–Crippen LogP) is 0.381. The Morgan fingerprint density at radius 1 is 1.25 bits per heavy atom. The highest BCUT2D eigenvalue weighted by molar-refractivity contribution is 5.83. The third-order valence-corrected chi connectivity index (χ3v) is 3.22. The summed E-state index contributed by atoms with van der Waals surface area (Å²) in [6.07, 6.45) is 3.54. The maximum absolute atomic E-state index is 12.2. The number of nitrogens with two attached hydrogens (primary N) is 1. The molecule has 1 fully saturated rings. The van der Waals surface area contributed by atoms with Crippen molar-refractivity contribution in [1.82, 2.24) is 4.90 Å². The predicted molar refractivity (Wildman–Crippen MR) is 57.8 cm³/mol. The fourth-order valence-corrected chi connectivity index (χ4v) is 2.26. The molecular weight excluding hydrogens is 204 g/mol. The normalized spacial score (nSPS) is 17.4. The van der Waals surface area contributed by atoms with Crippen molar-refractivity contribution in [2.24, 2.45) is 11.1 Å². The first kappa shape index (κ1) is 12.5. The van der Waals surface area contributed by atoms with Crippen LogP contribution in [0.3, 0.4) is 0 Å². The summed E-state index contributed by atoms with van der Waals surface area (Å²) in [5.74, 6) is -0.129. The topological polar surface area (TPSA) is 93.9 Å². The molecule has 0 radical (unpaired) electrons. The number of hydrogen-bond donors (Lipinski definition) is 1. The monoisotopic (exact) mass is 220 g/mol. The van der Waals surface area contributed by atoms with Gasteiger partial charge in [0.25, 0.3) is 0 Å². The Kier molecular flexibility index (Phi) is 4.28. The molecule has 1 amide bonds. The Balaban J connectivity index is 2.80. The Morgan fingerprint density at radius 2 is 1.75 bits per heavy atom. The molecule has 5 heteroatoms. The average molecular weight is 220 g/mol. The molecule has 0 saturated heterocycles. The Bertz CT molecular complexity index is 317. The van der Waals surface area contributed by atoms with Crippen molar-refractivity contribution in [3.8, 4) is 12.1 Å². The van der Waals surface area contributed by atoms with Crippen LogP contribution in [0.5, 0.6) is 0 Å². The maximum Gasteiger partial charge on any atom is 0.231 e. The van der Waals surface area contributed by atoms with E-state index in [9.17, 15) is 4.79 Å². The molecule has 0 bridgehead atoms. The van der Waals surface area contributed by atoms with E-state index in [1.165, 1.54) is 4.90 Å². The largest absolute Gasteiger partial charge is 0.329 e. The summed E-state index contributed by atoms with van der Waals surface area (Å²) in [7, 11) is 0. The van der Waals surface area contributed by atoms with Gasteiger partial charge in [-0.1, -0.05) is 12.8 Å². The van der Waals surface area contributed by atoms with E-state index in [0.29, 0.717) is 6.54 Å². The zero-order valence-corrected chi connectivity index (χ0v) is 9.28. The van der Waals surface area contributed by atoms with Crippen LogP contribution >= 0.6 is 0 Å². The summed E-state index contributed by atoms with van der Waals surface area (Å²) in [6.45, 7) is 0.238. The molecule has 86 valence electrons. The highest BCUT2D eigenvalue weighted by Crippen LogP contribution is 2.38. The molecule has 0 atom stereocenters. The zero-order valence-electron chi connectivity index (χ0n) is 9.28. The SMILES string of the molecule is N#CCN(CC#N)C(=O)C1(CN)CCCC1. The van der Waals surface area contributed by atoms with E-state index in [1.54, 1.807) is 0 Å². The van der Waals surface area contributed by atoms with Gasteiger partial charge in [0.1, 0.15) is 13.1 Å². The van der Waals surface area contributed by atoms with Gasteiger partial charge in [-0.3, -0.25) is 4.79 Å². The van der Waals surface area contributed by atoms with Crippen molar-refractivity contribution in [2.75, 3.05) is 19.6 Å². The van der Waals surface area contributed by atoms with E-state index in [2.05, 4.69) is 0 Å². The summed E-state index contributed by atoms with van der Waals surface area (Å²) >= 11 is 0. The van der Waals surface area contributed by atoms with Crippen molar-refractivity contribution < 1.29 is 4.79 Å². The minimum Gasteiger partial charge on any atom is -0.329 e. The van der Waals surface area contributed by atoms with E-state index in [4.69, 9.17) is 16.3 Å². The molecule has 0 spiro atoms. The van der Waals surface area contributed by atoms with Crippen molar-refractivity contribution in [2.45, 2.75) is 25.7 Å². The van der Waals surface area contributed by atoms with Gasteiger partial charge in [-0.2, -0.15) is 10.5 Å². The molecule has 1 aliphatic carbocycles. The van der Waals surface area contributed by atoms with Crippen LogP contribution in [0.2, 0.25) is 0 Å². The maximum atomic E-state index is 12.2. The molecule has 5 nitrogen and oxygen atoms in total. The molecule has 1 saturated carbocycles. The van der Waals surface area contributed by atoms with Crippen LogP contribution in [0.25, 0.3) is 0 Å². The number of amides is 1. The molecule has 0 unspecified atom stereocenters. The number of nitrogens with zero attached hydrogens (tertiary/aromatic N) is 3. The standard InChI is InChI=1S/C11H16N4O/c12-5-7-15(8-6-13)10(16)11(9-14)3-1-2-4-11/h1-4,7-9,14H2. The van der Waals surface area contributed by atoms with Gasteiger partial charge < -0.3 is 10.6 Å². The van der Waals surface area contributed by atoms with Crippen LogP contribution < -0.4 is 5.73 Å². The van der Waals surface area contributed by atoms with E-state index in [-0.39, 0.29) is 19.0 Å². The first-order valence-electron chi connectivity index (χ1n) is 5.43. The highest BCUT2D eigenvalue weighted by atomic mass is 16.2. The van der Waals surface area contributed by atoms with Crippen LogP contribution in [-0.2, 0) is 4.79 Å². The van der Waals surface area contributed by atoms with E-state index >= 15 is 0 Å². The molecule has 1 aliphatic rings. The second kappa shape index (κ2) is 5.48. The Morgan fingerprint density at radius 3 is 2.12 bits per heavy atom. The van der Waals surface area contributed by atoms with Crippen LogP contribution in [-0.4, -0.2) is 30.4 Å². The molecule has 0 aromatic carbocycles. The Labute approximate surface area is 95.4 Å². The summed E-state index contributed by atoms with van der Waals surface area (Å²) in [6, 6.07) is 3.82. The van der Waals surface area contributed by atoms with Gasteiger partial charge in [0.2, 0.25) is 5.91 Å². The number of carbonyl (C=O) groups excluding carboxylic acids is 1. The van der Waals surface area contributed by atoms with Gasteiger partial charge in [-0.05, 0) is 12.8 Å². The fraction of sp³-hybridized carbons (Fsp3) is 0.727. The van der Waals surface area contributed by atoms with Crippen molar-refractivity contribution in [1.29, 1.82) is 10.5 Å². The third-order valence-electron chi connectivity index (χ3n) is 3.22. The number of carbonyl (C=O) groups is 1. The Hall–Kier alpha value is -1.59. The van der Waals surface area contributed by atoms with E-state index < -0.39 is 5.41 Å². The number of nitriles is 2. The fourth-order valence-electron chi connectivity index (χ4n) is 2.26. The minimum absolute atomic E-state index is 0.0336. The molecule has 0 heterocycles. The minimum atomic E-state index is -0.520. The second-order valence-corrected chi connectivity index (χ2v) is 4.17. The second-order valence-electron chi connectivity index (χ2n) is 4.17. The average Bonchev–Trinajstić information content (AvgIpc) is 2.77. The summed E-state index contributed by atoms with van der Waals surface area (Å²) in [5.41, 5.74) is 5.17.